The Morgan fingerprint density at radius 1 is 1.31 bits per heavy atom. The highest BCUT2D eigenvalue weighted by Crippen LogP contribution is 2.04. The quantitative estimate of drug-likeness (QED) is 0.760. The van der Waals surface area contributed by atoms with Crippen molar-refractivity contribution in [2.24, 2.45) is 0 Å². The minimum absolute atomic E-state index is 0.680. The van der Waals surface area contributed by atoms with Gasteiger partial charge in [-0.25, -0.2) is 4.79 Å². The van der Waals surface area contributed by atoms with E-state index >= 15 is 0 Å². The Balaban J connectivity index is 1.84. The Labute approximate surface area is 95.8 Å². The van der Waals surface area contributed by atoms with Gasteiger partial charge in [0.15, 0.2) is 0 Å². The molecule has 0 amide bonds. The third-order valence-corrected chi connectivity index (χ3v) is 2.83. The van der Waals surface area contributed by atoms with Crippen molar-refractivity contribution in [3.05, 3.63) is 41.6 Å². The molecule has 2 rings (SSSR count). The van der Waals surface area contributed by atoms with Crippen molar-refractivity contribution in [2.75, 3.05) is 26.2 Å². The molecule has 0 bridgehead atoms. The molecule has 0 aromatic heterocycles. The van der Waals surface area contributed by atoms with Gasteiger partial charge in [0, 0.05) is 26.2 Å². The molecule has 1 fully saturated rings. The van der Waals surface area contributed by atoms with Gasteiger partial charge in [0.05, 0.1) is 0 Å². The highest BCUT2D eigenvalue weighted by molar-refractivity contribution is 5.52. The second-order valence-electron chi connectivity index (χ2n) is 4.02. The minimum Gasteiger partial charge on any atom is -0.377 e. The van der Waals surface area contributed by atoms with Crippen molar-refractivity contribution in [1.82, 2.24) is 10.2 Å². The van der Waals surface area contributed by atoms with Gasteiger partial charge < -0.3 is 5.32 Å². The van der Waals surface area contributed by atoms with E-state index in [-0.39, 0.29) is 0 Å². The number of nitrogens with zero attached hydrogens (tertiary/aromatic N) is 1. The molecule has 0 atom stereocenters. The van der Waals surface area contributed by atoms with Gasteiger partial charge in [-0.3, -0.25) is 4.90 Å². The summed E-state index contributed by atoms with van der Waals surface area (Å²) in [7, 11) is 0. The van der Waals surface area contributed by atoms with Crippen LogP contribution in [0.2, 0.25) is 0 Å². The van der Waals surface area contributed by atoms with Crippen LogP contribution in [-0.4, -0.2) is 37.0 Å². The molecule has 3 heteroatoms. The first-order chi connectivity index (χ1) is 7.88. The molecule has 1 heterocycles. The first-order valence-electron chi connectivity index (χ1n) is 5.62. The van der Waals surface area contributed by atoms with Crippen LogP contribution in [0.5, 0.6) is 0 Å². The molecule has 1 aliphatic heterocycles. The smallest absolute Gasteiger partial charge is 0.146 e. The van der Waals surface area contributed by atoms with Gasteiger partial charge >= 0.3 is 0 Å². The summed E-state index contributed by atoms with van der Waals surface area (Å²) in [6.45, 7) is 3.55. The first kappa shape index (κ1) is 10.9. The van der Waals surface area contributed by atoms with E-state index < -0.39 is 0 Å². The molecule has 0 unspecified atom stereocenters. The fraction of sp³-hybridized carbons (Fsp3) is 0.385. The van der Waals surface area contributed by atoms with E-state index in [1.165, 1.54) is 5.56 Å². The molecule has 0 saturated carbocycles. The summed E-state index contributed by atoms with van der Waals surface area (Å²) >= 11 is 0. The predicted molar refractivity (Wildman–Crippen MR) is 63.8 cm³/mol. The zero-order chi connectivity index (χ0) is 11.2. The maximum absolute atomic E-state index is 10.5. The van der Waals surface area contributed by atoms with Crippen LogP contribution in [0.3, 0.4) is 0 Å². The highest BCUT2D eigenvalue weighted by atomic mass is 16.1. The van der Waals surface area contributed by atoms with Gasteiger partial charge in [-0.2, -0.15) is 0 Å². The predicted octanol–water partition coefficient (Wildman–Crippen LogP) is 0.850. The second-order valence-corrected chi connectivity index (χ2v) is 4.02. The normalized spacial score (nSPS) is 16.6. The van der Waals surface area contributed by atoms with Gasteiger partial charge in [-0.05, 0) is 12.0 Å². The molecule has 3 nitrogen and oxygen atoms in total. The number of benzene rings is 1. The lowest BCUT2D eigenvalue weighted by Gasteiger charge is -2.27. The van der Waals surface area contributed by atoms with Crippen LogP contribution in [0.1, 0.15) is 5.56 Å². The minimum atomic E-state index is 0.680. The zero-order valence-corrected chi connectivity index (χ0v) is 9.28. The zero-order valence-electron chi connectivity index (χ0n) is 9.28. The average molecular weight is 216 g/mol. The lowest BCUT2D eigenvalue weighted by Crippen LogP contribution is -2.43. The Morgan fingerprint density at radius 3 is 2.88 bits per heavy atom. The number of rotatable bonds is 3. The summed E-state index contributed by atoms with van der Waals surface area (Å²) < 4.78 is 0. The molecule has 0 radical (unpaired) electrons. The van der Waals surface area contributed by atoms with E-state index in [0.717, 1.165) is 26.1 Å². The standard InChI is InChI=1S/C13H16N2O/c16-11-13-10-15(9-7-14-13)8-6-12-4-2-1-3-5-12/h1-5,14H,6-10H2. The molecule has 1 aliphatic rings. The molecule has 1 saturated heterocycles. The lowest BCUT2D eigenvalue weighted by atomic mass is 10.1. The topological polar surface area (TPSA) is 32.3 Å². The van der Waals surface area contributed by atoms with Gasteiger partial charge in [-0.1, -0.05) is 30.3 Å². The number of nitrogens with one attached hydrogen (secondary N) is 1. The largest absolute Gasteiger partial charge is 0.377 e. The Bertz CT molecular complexity index is 382. The number of hydrogen-bond acceptors (Lipinski definition) is 3. The Hall–Kier alpha value is -1.57. The van der Waals surface area contributed by atoms with Gasteiger partial charge in [0.25, 0.3) is 0 Å². The van der Waals surface area contributed by atoms with Crippen LogP contribution < -0.4 is 5.32 Å². The molecule has 84 valence electrons. The fourth-order valence-electron chi connectivity index (χ4n) is 1.91. The first-order valence-corrected chi connectivity index (χ1v) is 5.62. The molecule has 0 spiro atoms. The van der Waals surface area contributed by atoms with E-state index in [9.17, 15) is 4.79 Å². The molecule has 0 aliphatic carbocycles. The average Bonchev–Trinajstić information content (AvgIpc) is 2.38. The number of piperazine rings is 1. The van der Waals surface area contributed by atoms with Crippen LogP contribution in [0.15, 0.2) is 36.0 Å². The van der Waals surface area contributed by atoms with E-state index in [1.54, 1.807) is 0 Å². The van der Waals surface area contributed by atoms with Gasteiger partial charge in [-0.15, -0.1) is 0 Å². The summed E-state index contributed by atoms with van der Waals surface area (Å²) in [4.78, 5) is 12.8. The monoisotopic (exact) mass is 216 g/mol. The summed E-state index contributed by atoms with van der Waals surface area (Å²) in [6, 6.07) is 10.4. The summed E-state index contributed by atoms with van der Waals surface area (Å²) in [6.07, 6.45) is 1.03. The van der Waals surface area contributed by atoms with E-state index in [2.05, 4.69) is 34.5 Å². The Kier molecular flexibility index (Phi) is 3.76. The summed E-state index contributed by atoms with van der Waals surface area (Å²) in [5.41, 5.74) is 2.02. The van der Waals surface area contributed by atoms with Crippen LogP contribution >= 0.6 is 0 Å². The van der Waals surface area contributed by atoms with Crippen LogP contribution in [-0.2, 0) is 11.2 Å². The molecular weight excluding hydrogens is 200 g/mol. The second kappa shape index (κ2) is 5.50. The van der Waals surface area contributed by atoms with E-state index in [4.69, 9.17) is 0 Å². The van der Waals surface area contributed by atoms with Crippen molar-refractivity contribution in [1.29, 1.82) is 0 Å². The molecule has 1 aromatic carbocycles. The van der Waals surface area contributed by atoms with Gasteiger partial charge in [0.2, 0.25) is 0 Å². The van der Waals surface area contributed by atoms with Crippen LogP contribution in [0.4, 0.5) is 0 Å². The Morgan fingerprint density at radius 2 is 2.12 bits per heavy atom. The van der Waals surface area contributed by atoms with E-state index in [1.807, 2.05) is 12.0 Å². The third kappa shape index (κ3) is 2.96. The third-order valence-electron chi connectivity index (χ3n) is 2.83. The van der Waals surface area contributed by atoms with Crippen LogP contribution in [0, 0.1) is 0 Å². The number of hydrogen-bond donors (Lipinski definition) is 1. The van der Waals surface area contributed by atoms with Gasteiger partial charge in [0.1, 0.15) is 11.6 Å². The SMILES string of the molecule is O=C=C1CN(CCc2ccccc2)CCN1. The number of carbonyl (C=O) groups excluding carboxylic acids is 1. The maximum atomic E-state index is 10.5. The van der Waals surface area contributed by atoms with Crippen molar-refractivity contribution >= 4 is 5.94 Å². The van der Waals surface area contributed by atoms with Crippen molar-refractivity contribution < 1.29 is 4.79 Å². The molecular formula is C13H16N2O. The molecule has 16 heavy (non-hydrogen) atoms. The summed E-state index contributed by atoms with van der Waals surface area (Å²) in [5, 5.41) is 3.05. The van der Waals surface area contributed by atoms with Crippen molar-refractivity contribution in [3.8, 4) is 0 Å². The summed E-state index contributed by atoms with van der Waals surface area (Å²) in [5.74, 6) is 1.95. The highest BCUT2D eigenvalue weighted by Gasteiger charge is 2.13. The lowest BCUT2D eigenvalue weighted by molar-refractivity contribution is 0.271. The van der Waals surface area contributed by atoms with Crippen molar-refractivity contribution in [2.45, 2.75) is 6.42 Å². The molecule has 1 aromatic rings. The van der Waals surface area contributed by atoms with Crippen LogP contribution in [0.25, 0.3) is 0 Å². The van der Waals surface area contributed by atoms with E-state index in [0.29, 0.717) is 12.2 Å². The maximum Gasteiger partial charge on any atom is 0.146 e. The van der Waals surface area contributed by atoms with Crippen molar-refractivity contribution in [3.63, 3.8) is 0 Å². The molecule has 1 N–H and O–H groups in total. The fourth-order valence-corrected chi connectivity index (χ4v) is 1.91.